The average Bonchev–Trinajstić information content (AvgIpc) is 2.35. The number of halogens is 1. The van der Waals surface area contributed by atoms with Gasteiger partial charge < -0.3 is 10.2 Å². The highest BCUT2D eigenvalue weighted by molar-refractivity contribution is 5.46. The van der Waals surface area contributed by atoms with E-state index in [2.05, 4.69) is 36.0 Å². The van der Waals surface area contributed by atoms with Gasteiger partial charge in [-0.25, -0.2) is 4.39 Å². The van der Waals surface area contributed by atoms with Gasteiger partial charge in [-0.05, 0) is 25.8 Å². The first-order valence-corrected chi connectivity index (χ1v) is 6.74. The van der Waals surface area contributed by atoms with Crippen LogP contribution in [0.1, 0.15) is 27.2 Å². The number of hydrogen-bond acceptors (Lipinski definition) is 3. The largest absolute Gasteiger partial charge is 0.367 e. The number of nitrogens with one attached hydrogen (secondary N) is 1. The molecule has 2 heterocycles. The fourth-order valence-electron chi connectivity index (χ4n) is 2.84. The molecule has 4 heteroatoms. The molecule has 0 amide bonds. The number of hydrogen-bond donors (Lipinski definition) is 1. The van der Waals surface area contributed by atoms with Gasteiger partial charge in [0.25, 0.3) is 0 Å². The maximum atomic E-state index is 13.2. The van der Waals surface area contributed by atoms with Crippen LogP contribution < -0.4 is 10.2 Å². The molecule has 1 saturated heterocycles. The number of nitrogens with zero attached hydrogens (tertiary/aromatic N) is 2. The summed E-state index contributed by atoms with van der Waals surface area (Å²) in [7, 11) is 0. The lowest BCUT2D eigenvalue weighted by Gasteiger charge is -2.44. The van der Waals surface area contributed by atoms with Crippen LogP contribution in [0.4, 0.5) is 10.1 Å². The molecule has 0 saturated carbocycles. The number of anilines is 1. The van der Waals surface area contributed by atoms with E-state index >= 15 is 0 Å². The molecule has 3 atom stereocenters. The van der Waals surface area contributed by atoms with Gasteiger partial charge in [-0.2, -0.15) is 0 Å². The second-order valence-electron chi connectivity index (χ2n) is 5.11. The summed E-state index contributed by atoms with van der Waals surface area (Å²) in [5.74, 6) is 0.281. The van der Waals surface area contributed by atoms with E-state index in [-0.39, 0.29) is 5.82 Å². The molecule has 3 nitrogen and oxygen atoms in total. The summed E-state index contributed by atoms with van der Waals surface area (Å²) in [6.45, 7) is 8.56. The minimum atomic E-state index is -0.263. The van der Waals surface area contributed by atoms with Gasteiger partial charge in [0.15, 0.2) is 0 Å². The molecule has 0 aromatic carbocycles. The van der Waals surface area contributed by atoms with Gasteiger partial charge in [0.1, 0.15) is 5.82 Å². The number of rotatable bonds is 3. The van der Waals surface area contributed by atoms with Crippen molar-refractivity contribution in [1.82, 2.24) is 10.3 Å². The van der Waals surface area contributed by atoms with Crippen LogP contribution in [0.5, 0.6) is 0 Å². The fourth-order valence-corrected chi connectivity index (χ4v) is 2.84. The van der Waals surface area contributed by atoms with E-state index in [0.717, 1.165) is 25.2 Å². The van der Waals surface area contributed by atoms with Crippen molar-refractivity contribution in [2.45, 2.75) is 39.3 Å². The molecule has 18 heavy (non-hydrogen) atoms. The fraction of sp³-hybridized carbons (Fsp3) is 0.643. The Labute approximate surface area is 108 Å². The van der Waals surface area contributed by atoms with Crippen molar-refractivity contribution < 1.29 is 4.39 Å². The highest BCUT2D eigenvalue weighted by atomic mass is 19.1. The smallest absolute Gasteiger partial charge is 0.143 e. The molecule has 2 rings (SSSR count). The number of aromatic nitrogens is 1. The van der Waals surface area contributed by atoms with Gasteiger partial charge in [-0.3, -0.25) is 4.98 Å². The first-order chi connectivity index (χ1) is 8.63. The van der Waals surface area contributed by atoms with Gasteiger partial charge in [0.05, 0.1) is 18.1 Å². The Hall–Kier alpha value is -1.16. The molecule has 1 aromatic heterocycles. The zero-order valence-electron chi connectivity index (χ0n) is 11.4. The van der Waals surface area contributed by atoms with Crippen LogP contribution in [-0.4, -0.2) is 30.2 Å². The van der Waals surface area contributed by atoms with Gasteiger partial charge in [0, 0.05) is 24.7 Å². The number of piperidine rings is 1. The Morgan fingerprint density at radius 3 is 2.89 bits per heavy atom. The van der Waals surface area contributed by atoms with Crippen molar-refractivity contribution in [2.24, 2.45) is 5.92 Å². The quantitative estimate of drug-likeness (QED) is 0.894. The van der Waals surface area contributed by atoms with Crippen LogP contribution in [0, 0.1) is 11.7 Å². The zero-order valence-corrected chi connectivity index (χ0v) is 11.4. The Morgan fingerprint density at radius 2 is 2.22 bits per heavy atom. The van der Waals surface area contributed by atoms with Crippen LogP contribution >= 0.6 is 0 Å². The second kappa shape index (κ2) is 5.65. The molecule has 1 aromatic rings. The van der Waals surface area contributed by atoms with Crippen molar-refractivity contribution in [3.05, 3.63) is 24.3 Å². The van der Waals surface area contributed by atoms with E-state index in [1.807, 2.05) is 0 Å². The van der Waals surface area contributed by atoms with E-state index in [1.165, 1.54) is 6.20 Å². The predicted molar refractivity (Wildman–Crippen MR) is 72.2 cm³/mol. The van der Waals surface area contributed by atoms with Crippen molar-refractivity contribution in [1.29, 1.82) is 0 Å². The van der Waals surface area contributed by atoms with Crippen LogP contribution in [0.2, 0.25) is 0 Å². The molecule has 0 radical (unpaired) electrons. The molecule has 1 aliphatic rings. The maximum absolute atomic E-state index is 13.2. The summed E-state index contributed by atoms with van der Waals surface area (Å²) in [6.07, 6.45) is 4.10. The molecule has 3 unspecified atom stereocenters. The topological polar surface area (TPSA) is 28.2 Å². The van der Waals surface area contributed by atoms with E-state index in [4.69, 9.17) is 0 Å². The minimum Gasteiger partial charge on any atom is -0.367 e. The van der Waals surface area contributed by atoms with Gasteiger partial charge in [-0.1, -0.05) is 13.8 Å². The summed E-state index contributed by atoms with van der Waals surface area (Å²) in [6, 6.07) is 2.53. The molecule has 0 spiro atoms. The molecule has 0 aliphatic carbocycles. The summed E-state index contributed by atoms with van der Waals surface area (Å²) in [5, 5.41) is 3.53. The first-order valence-electron chi connectivity index (χ1n) is 6.74. The highest BCUT2D eigenvalue weighted by Gasteiger charge is 2.32. The summed E-state index contributed by atoms with van der Waals surface area (Å²) in [4.78, 5) is 6.20. The molecule has 1 fully saturated rings. The van der Waals surface area contributed by atoms with Crippen LogP contribution in [0.15, 0.2) is 18.5 Å². The summed E-state index contributed by atoms with van der Waals surface area (Å²) in [5.41, 5.74) is 0.893. The monoisotopic (exact) mass is 251 g/mol. The van der Waals surface area contributed by atoms with E-state index in [1.54, 1.807) is 12.3 Å². The summed E-state index contributed by atoms with van der Waals surface area (Å²) >= 11 is 0. The van der Waals surface area contributed by atoms with Crippen molar-refractivity contribution in [3.8, 4) is 0 Å². The lowest BCUT2D eigenvalue weighted by molar-refractivity contribution is 0.274. The third-order valence-electron chi connectivity index (χ3n) is 4.06. The highest BCUT2D eigenvalue weighted by Crippen LogP contribution is 2.28. The van der Waals surface area contributed by atoms with Gasteiger partial charge >= 0.3 is 0 Å². The second-order valence-corrected chi connectivity index (χ2v) is 5.11. The van der Waals surface area contributed by atoms with E-state index in [0.29, 0.717) is 18.0 Å². The molecular formula is C14H22FN3. The Bertz CT molecular complexity index is 396. The van der Waals surface area contributed by atoms with Crippen molar-refractivity contribution in [2.75, 3.05) is 18.0 Å². The lowest BCUT2D eigenvalue weighted by Crippen LogP contribution is -2.53. The van der Waals surface area contributed by atoms with Gasteiger partial charge in [0.2, 0.25) is 0 Å². The zero-order chi connectivity index (χ0) is 13.1. The van der Waals surface area contributed by atoms with Gasteiger partial charge in [-0.15, -0.1) is 0 Å². The summed E-state index contributed by atoms with van der Waals surface area (Å²) < 4.78 is 13.2. The predicted octanol–water partition coefficient (Wildman–Crippen LogP) is 2.43. The standard InChI is InChI=1S/C14H22FN3/c1-4-17-14-5-6-18(11(3)10(14)2)13-7-12(15)8-16-9-13/h7-11,14,17H,4-6H2,1-3H3. The van der Waals surface area contributed by atoms with E-state index < -0.39 is 0 Å². The Balaban J connectivity index is 2.12. The maximum Gasteiger partial charge on any atom is 0.143 e. The number of pyridine rings is 1. The van der Waals surface area contributed by atoms with Crippen LogP contribution in [-0.2, 0) is 0 Å². The molecule has 100 valence electrons. The molecular weight excluding hydrogens is 229 g/mol. The molecule has 1 N–H and O–H groups in total. The first kappa shape index (κ1) is 13.3. The Kier molecular flexibility index (Phi) is 4.17. The normalized spacial score (nSPS) is 28.4. The third kappa shape index (κ3) is 2.64. The van der Waals surface area contributed by atoms with E-state index in [9.17, 15) is 4.39 Å². The average molecular weight is 251 g/mol. The SMILES string of the molecule is CCNC1CCN(c2cncc(F)c2)C(C)C1C. The third-order valence-corrected chi connectivity index (χ3v) is 4.06. The lowest BCUT2D eigenvalue weighted by atomic mass is 9.86. The van der Waals surface area contributed by atoms with Crippen LogP contribution in [0.25, 0.3) is 0 Å². The molecule has 1 aliphatic heterocycles. The van der Waals surface area contributed by atoms with Crippen molar-refractivity contribution in [3.63, 3.8) is 0 Å². The van der Waals surface area contributed by atoms with Crippen molar-refractivity contribution >= 4 is 5.69 Å². The van der Waals surface area contributed by atoms with Crippen LogP contribution in [0.3, 0.4) is 0 Å². The Morgan fingerprint density at radius 1 is 1.44 bits per heavy atom. The minimum absolute atomic E-state index is 0.263. The molecule has 0 bridgehead atoms.